The van der Waals surface area contributed by atoms with Crippen LogP contribution in [0.2, 0.25) is 0 Å². The lowest BCUT2D eigenvalue weighted by molar-refractivity contribution is 0.130. The van der Waals surface area contributed by atoms with Crippen molar-refractivity contribution < 1.29 is 4.39 Å². The Hall–Kier alpha value is -1.53. The Bertz CT molecular complexity index is 732. The number of hydrogen-bond acceptors (Lipinski definition) is 5. The number of aromatic nitrogens is 2. The smallest absolute Gasteiger partial charge is 0.208 e. The van der Waals surface area contributed by atoms with Crippen LogP contribution < -0.4 is 4.90 Å². The number of likely N-dealkylation sites (tertiary alicyclic amines) is 1. The lowest BCUT2D eigenvalue weighted by atomic mass is 9.95. The fourth-order valence-electron chi connectivity index (χ4n) is 4.37. The van der Waals surface area contributed by atoms with Crippen LogP contribution in [0.3, 0.4) is 0 Å². The first-order valence-corrected chi connectivity index (χ1v) is 11.0. The van der Waals surface area contributed by atoms with Crippen molar-refractivity contribution in [2.24, 2.45) is 5.92 Å². The molecule has 2 atom stereocenters. The van der Waals surface area contributed by atoms with E-state index in [4.69, 9.17) is 0 Å². The van der Waals surface area contributed by atoms with Gasteiger partial charge < -0.3 is 9.80 Å². The van der Waals surface area contributed by atoms with Crippen molar-refractivity contribution in [3.63, 3.8) is 0 Å². The molecule has 2 aliphatic rings. The van der Waals surface area contributed by atoms with Crippen LogP contribution in [0.1, 0.15) is 49.6 Å². The summed E-state index contributed by atoms with van der Waals surface area (Å²) in [6.45, 7) is 7.04. The van der Waals surface area contributed by atoms with Crippen molar-refractivity contribution in [2.45, 2.75) is 51.5 Å². The second-order valence-corrected chi connectivity index (χ2v) is 9.12. The molecule has 0 saturated carbocycles. The van der Waals surface area contributed by atoms with Gasteiger partial charge in [0.15, 0.2) is 0 Å². The molecule has 4 nitrogen and oxygen atoms in total. The molecule has 0 N–H and O–H groups in total. The summed E-state index contributed by atoms with van der Waals surface area (Å²) >= 11 is 1.68. The summed E-state index contributed by atoms with van der Waals surface area (Å²) in [5, 5.41) is 10.9. The van der Waals surface area contributed by atoms with Gasteiger partial charge in [-0.15, -0.1) is 10.2 Å². The maximum absolute atomic E-state index is 13.1. The molecular formula is C21H29FN4S. The van der Waals surface area contributed by atoms with E-state index in [1.807, 2.05) is 12.1 Å². The van der Waals surface area contributed by atoms with Crippen molar-refractivity contribution in [1.29, 1.82) is 0 Å². The molecule has 27 heavy (non-hydrogen) atoms. The third-order valence-electron chi connectivity index (χ3n) is 5.95. The SMILES string of the molecule is CC1CCCCN1CC1CCCN(c2nnc(Cc3ccc(F)cc3)s2)C1. The Morgan fingerprint density at radius 2 is 1.93 bits per heavy atom. The summed E-state index contributed by atoms with van der Waals surface area (Å²) < 4.78 is 13.1. The number of hydrogen-bond donors (Lipinski definition) is 0. The molecule has 1 aromatic carbocycles. The van der Waals surface area contributed by atoms with Gasteiger partial charge in [0.1, 0.15) is 10.8 Å². The van der Waals surface area contributed by atoms with Gasteiger partial charge in [-0.1, -0.05) is 29.9 Å². The summed E-state index contributed by atoms with van der Waals surface area (Å²) in [7, 11) is 0. The standard InChI is InChI=1S/C21H29FN4S/c1-16-5-2-3-11-25(16)14-18-6-4-12-26(15-18)21-24-23-20(27-21)13-17-7-9-19(22)10-8-17/h7-10,16,18H,2-6,11-15H2,1H3. The monoisotopic (exact) mass is 388 g/mol. The number of piperidine rings is 2. The predicted molar refractivity (Wildman–Crippen MR) is 109 cm³/mol. The van der Waals surface area contributed by atoms with E-state index in [0.29, 0.717) is 0 Å². The molecule has 146 valence electrons. The van der Waals surface area contributed by atoms with E-state index in [2.05, 4.69) is 26.9 Å². The Kier molecular flexibility index (Phi) is 6.03. The zero-order valence-corrected chi connectivity index (χ0v) is 16.9. The van der Waals surface area contributed by atoms with Gasteiger partial charge >= 0.3 is 0 Å². The first-order chi connectivity index (χ1) is 13.2. The van der Waals surface area contributed by atoms with Crippen LogP contribution in [0.15, 0.2) is 24.3 Å². The molecule has 0 spiro atoms. The van der Waals surface area contributed by atoms with E-state index in [-0.39, 0.29) is 5.82 Å². The van der Waals surface area contributed by atoms with Crippen molar-refractivity contribution in [2.75, 3.05) is 31.1 Å². The van der Waals surface area contributed by atoms with Gasteiger partial charge in [-0.25, -0.2) is 4.39 Å². The van der Waals surface area contributed by atoms with Gasteiger partial charge in [-0.05, 0) is 62.8 Å². The zero-order chi connectivity index (χ0) is 18.6. The van der Waals surface area contributed by atoms with Gasteiger partial charge in [0.25, 0.3) is 0 Å². The number of anilines is 1. The van der Waals surface area contributed by atoms with Crippen molar-refractivity contribution in [1.82, 2.24) is 15.1 Å². The average molecular weight is 389 g/mol. The number of halogens is 1. The van der Waals surface area contributed by atoms with Crippen molar-refractivity contribution >= 4 is 16.5 Å². The highest BCUT2D eigenvalue weighted by atomic mass is 32.1. The Morgan fingerprint density at radius 3 is 2.74 bits per heavy atom. The van der Waals surface area contributed by atoms with E-state index < -0.39 is 0 Å². The van der Waals surface area contributed by atoms with Gasteiger partial charge in [-0.3, -0.25) is 0 Å². The van der Waals surface area contributed by atoms with Gasteiger partial charge in [0.05, 0.1) is 0 Å². The number of benzene rings is 1. The second-order valence-electron chi connectivity index (χ2n) is 8.08. The average Bonchev–Trinajstić information content (AvgIpc) is 3.14. The molecule has 0 amide bonds. The summed E-state index contributed by atoms with van der Waals surface area (Å²) in [6.07, 6.45) is 7.36. The lowest BCUT2D eigenvalue weighted by Gasteiger charge is -2.39. The number of nitrogens with zero attached hydrogens (tertiary/aromatic N) is 4. The van der Waals surface area contributed by atoms with E-state index in [9.17, 15) is 4.39 Å². The minimum Gasteiger partial charge on any atom is -0.346 e. The molecule has 1 aromatic heterocycles. The molecule has 2 fully saturated rings. The highest BCUT2D eigenvalue weighted by Gasteiger charge is 2.27. The zero-order valence-electron chi connectivity index (χ0n) is 16.1. The van der Waals surface area contributed by atoms with Crippen LogP contribution in [-0.2, 0) is 6.42 Å². The Morgan fingerprint density at radius 1 is 1.07 bits per heavy atom. The van der Waals surface area contributed by atoms with E-state index in [1.165, 1.54) is 57.3 Å². The third kappa shape index (κ3) is 4.85. The summed E-state index contributed by atoms with van der Waals surface area (Å²) in [6, 6.07) is 7.40. The van der Waals surface area contributed by atoms with E-state index in [1.54, 1.807) is 11.3 Å². The van der Waals surface area contributed by atoms with Crippen molar-refractivity contribution in [3.8, 4) is 0 Å². The topological polar surface area (TPSA) is 32.3 Å². The summed E-state index contributed by atoms with van der Waals surface area (Å²) in [5.41, 5.74) is 1.08. The maximum atomic E-state index is 13.1. The van der Waals surface area contributed by atoms with Crippen LogP contribution in [0, 0.1) is 11.7 Å². The molecule has 0 radical (unpaired) electrons. The molecule has 0 aliphatic carbocycles. The predicted octanol–water partition coefficient (Wildman–Crippen LogP) is 4.36. The number of rotatable bonds is 5. The lowest BCUT2D eigenvalue weighted by Crippen LogP contribution is -2.45. The molecule has 4 rings (SSSR count). The van der Waals surface area contributed by atoms with E-state index in [0.717, 1.165) is 47.2 Å². The molecule has 6 heteroatoms. The van der Waals surface area contributed by atoms with Gasteiger partial charge in [0, 0.05) is 32.1 Å². The second kappa shape index (κ2) is 8.65. The van der Waals surface area contributed by atoms with Crippen molar-refractivity contribution in [3.05, 3.63) is 40.7 Å². The summed E-state index contributed by atoms with van der Waals surface area (Å²) in [5.74, 6) is 0.530. The normalized spacial score (nSPS) is 24.3. The minimum atomic E-state index is -0.195. The summed E-state index contributed by atoms with van der Waals surface area (Å²) in [4.78, 5) is 5.12. The van der Waals surface area contributed by atoms with Crippen LogP contribution in [-0.4, -0.2) is 47.3 Å². The third-order valence-corrected chi connectivity index (χ3v) is 6.93. The van der Waals surface area contributed by atoms with Gasteiger partial charge in [-0.2, -0.15) is 0 Å². The minimum absolute atomic E-state index is 0.195. The maximum Gasteiger partial charge on any atom is 0.208 e. The highest BCUT2D eigenvalue weighted by Crippen LogP contribution is 2.28. The highest BCUT2D eigenvalue weighted by molar-refractivity contribution is 7.15. The van der Waals surface area contributed by atoms with Crippen LogP contribution in [0.25, 0.3) is 0 Å². The first kappa shape index (κ1) is 18.8. The molecule has 2 unspecified atom stereocenters. The fourth-order valence-corrected chi connectivity index (χ4v) is 5.28. The largest absolute Gasteiger partial charge is 0.346 e. The molecule has 2 aliphatic heterocycles. The quantitative estimate of drug-likeness (QED) is 0.762. The van der Waals surface area contributed by atoms with Crippen LogP contribution in [0.4, 0.5) is 9.52 Å². The first-order valence-electron chi connectivity index (χ1n) is 10.2. The van der Waals surface area contributed by atoms with E-state index >= 15 is 0 Å². The molecule has 3 heterocycles. The van der Waals surface area contributed by atoms with Gasteiger partial charge in [0.2, 0.25) is 5.13 Å². The molecule has 0 bridgehead atoms. The molecule has 2 saturated heterocycles. The molecule has 2 aromatic rings. The van der Waals surface area contributed by atoms with Crippen LogP contribution in [0.5, 0.6) is 0 Å². The Labute approximate surface area is 165 Å². The Balaban J connectivity index is 1.35. The van der Waals surface area contributed by atoms with Crippen LogP contribution >= 0.6 is 11.3 Å². The molecular weight excluding hydrogens is 359 g/mol. The fraction of sp³-hybridized carbons (Fsp3) is 0.619.